The Hall–Kier alpha value is -2.46. The van der Waals surface area contributed by atoms with Crippen LogP contribution in [0.2, 0.25) is 0 Å². The van der Waals surface area contributed by atoms with Crippen molar-refractivity contribution in [1.82, 2.24) is 9.55 Å². The number of nitrogens with zero attached hydrogens (tertiary/aromatic N) is 1. The van der Waals surface area contributed by atoms with E-state index < -0.39 is 0 Å². The number of aryl methyl sites for hydroxylation is 1. The van der Waals surface area contributed by atoms with Crippen molar-refractivity contribution < 1.29 is 0 Å². The van der Waals surface area contributed by atoms with Crippen LogP contribution in [0, 0.1) is 4.77 Å². The van der Waals surface area contributed by atoms with Crippen LogP contribution in [0.15, 0.2) is 59.4 Å². The Kier molecular flexibility index (Phi) is 4.75. The molecule has 1 saturated carbocycles. The highest BCUT2D eigenvalue weighted by Gasteiger charge is 2.42. The molecule has 0 aliphatic heterocycles. The molecule has 4 heteroatoms. The predicted molar refractivity (Wildman–Crippen MR) is 120 cm³/mol. The standard InChI is InChI=1S/C25H26N2OS/c28-23-21-22(27(24(29)26-23)16-13-18-9-3-1-4-10-18)20-12-6-5-11-19(20)17-25(21)14-7-2-8-15-25/h1,3-6,9-12H,2,7-8,13-17H2,(H,26,28,29). The third kappa shape index (κ3) is 3.20. The minimum absolute atomic E-state index is 0.0253. The number of aromatic amines is 1. The normalized spacial score (nSPS) is 17.0. The van der Waals surface area contributed by atoms with Crippen molar-refractivity contribution in [2.45, 2.75) is 56.9 Å². The van der Waals surface area contributed by atoms with Gasteiger partial charge in [-0.1, -0.05) is 73.9 Å². The van der Waals surface area contributed by atoms with Crippen LogP contribution in [0.4, 0.5) is 0 Å². The van der Waals surface area contributed by atoms with Gasteiger partial charge in [0.25, 0.3) is 5.56 Å². The third-order valence-corrected chi connectivity index (χ3v) is 7.13. The van der Waals surface area contributed by atoms with Crippen molar-refractivity contribution in [3.05, 3.63) is 86.4 Å². The minimum Gasteiger partial charge on any atom is -0.317 e. The van der Waals surface area contributed by atoms with Crippen LogP contribution in [-0.4, -0.2) is 9.55 Å². The average Bonchev–Trinajstić information content (AvgIpc) is 2.74. The predicted octanol–water partition coefficient (Wildman–Crippen LogP) is 5.57. The second kappa shape index (κ2) is 7.42. The van der Waals surface area contributed by atoms with E-state index in [0.29, 0.717) is 4.77 Å². The molecule has 3 aromatic rings. The summed E-state index contributed by atoms with van der Waals surface area (Å²) in [5.74, 6) is 0. The molecule has 2 aliphatic rings. The van der Waals surface area contributed by atoms with Crippen LogP contribution < -0.4 is 5.56 Å². The maximum Gasteiger partial charge on any atom is 0.256 e. The van der Waals surface area contributed by atoms with Gasteiger partial charge in [-0.2, -0.15) is 0 Å². The molecule has 0 atom stereocenters. The van der Waals surface area contributed by atoms with E-state index in [1.807, 2.05) is 6.07 Å². The molecule has 148 valence electrons. The van der Waals surface area contributed by atoms with Crippen LogP contribution in [0.3, 0.4) is 0 Å². The van der Waals surface area contributed by atoms with Crippen molar-refractivity contribution in [1.29, 1.82) is 0 Å². The Balaban J connectivity index is 1.71. The number of fused-ring (bicyclic) bond motifs is 4. The van der Waals surface area contributed by atoms with Gasteiger partial charge in [0.15, 0.2) is 4.77 Å². The van der Waals surface area contributed by atoms with E-state index in [1.165, 1.54) is 36.0 Å². The minimum atomic E-state index is -0.0486. The molecule has 1 spiro atoms. The lowest BCUT2D eigenvalue weighted by molar-refractivity contribution is 0.283. The van der Waals surface area contributed by atoms with Crippen molar-refractivity contribution in [3.8, 4) is 11.3 Å². The summed E-state index contributed by atoms with van der Waals surface area (Å²) < 4.78 is 2.72. The quantitative estimate of drug-likeness (QED) is 0.581. The number of hydrogen-bond acceptors (Lipinski definition) is 2. The second-order valence-corrected chi connectivity index (χ2v) is 8.93. The van der Waals surface area contributed by atoms with Crippen molar-refractivity contribution in [3.63, 3.8) is 0 Å². The summed E-state index contributed by atoms with van der Waals surface area (Å²) in [6.07, 6.45) is 7.70. The highest BCUT2D eigenvalue weighted by Crippen LogP contribution is 2.48. The fraction of sp³-hybridized carbons (Fsp3) is 0.360. The molecular formula is C25H26N2OS. The van der Waals surface area contributed by atoms with Crippen LogP contribution in [0.25, 0.3) is 11.3 Å². The van der Waals surface area contributed by atoms with E-state index in [4.69, 9.17) is 12.2 Å². The molecule has 0 unspecified atom stereocenters. The first-order valence-corrected chi connectivity index (χ1v) is 11.1. The van der Waals surface area contributed by atoms with Gasteiger partial charge in [-0.3, -0.25) is 9.78 Å². The zero-order valence-electron chi connectivity index (χ0n) is 16.6. The van der Waals surface area contributed by atoms with Gasteiger partial charge in [-0.25, -0.2) is 0 Å². The van der Waals surface area contributed by atoms with E-state index in [1.54, 1.807) is 0 Å². The number of nitrogens with one attached hydrogen (secondary N) is 1. The Morgan fingerprint density at radius 1 is 0.966 bits per heavy atom. The van der Waals surface area contributed by atoms with Gasteiger partial charge in [-0.05, 0) is 49.0 Å². The molecule has 3 nitrogen and oxygen atoms in total. The molecule has 29 heavy (non-hydrogen) atoms. The van der Waals surface area contributed by atoms with Gasteiger partial charge >= 0.3 is 0 Å². The van der Waals surface area contributed by atoms with E-state index in [0.717, 1.165) is 43.5 Å². The van der Waals surface area contributed by atoms with Crippen molar-refractivity contribution in [2.75, 3.05) is 0 Å². The van der Waals surface area contributed by atoms with Gasteiger partial charge in [0.2, 0.25) is 0 Å². The first kappa shape index (κ1) is 18.6. The molecule has 2 aromatic carbocycles. The molecule has 1 heterocycles. The van der Waals surface area contributed by atoms with Gasteiger partial charge in [-0.15, -0.1) is 0 Å². The van der Waals surface area contributed by atoms with Crippen LogP contribution in [0.5, 0.6) is 0 Å². The molecule has 1 aromatic heterocycles. The Morgan fingerprint density at radius 3 is 2.48 bits per heavy atom. The van der Waals surface area contributed by atoms with E-state index in [2.05, 4.69) is 58.1 Å². The van der Waals surface area contributed by atoms with Gasteiger partial charge in [0, 0.05) is 23.1 Å². The molecule has 0 radical (unpaired) electrons. The second-order valence-electron chi connectivity index (χ2n) is 8.55. The van der Waals surface area contributed by atoms with Crippen LogP contribution in [-0.2, 0) is 24.8 Å². The summed E-state index contributed by atoms with van der Waals surface area (Å²) in [5.41, 5.74) is 5.85. The Bertz CT molecular complexity index is 1150. The van der Waals surface area contributed by atoms with Crippen molar-refractivity contribution in [2.24, 2.45) is 0 Å². The molecule has 5 rings (SSSR count). The zero-order chi connectivity index (χ0) is 19.8. The summed E-state index contributed by atoms with van der Waals surface area (Å²) in [5, 5.41) is 0. The molecule has 1 N–H and O–H groups in total. The number of hydrogen-bond donors (Lipinski definition) is 1. The molecule has 0 amide bonds. The maximum atomic E-state index is 13.3. The maximum absolute atomic E-state index is 13.3. The zero-order valence-corrected chi connectivity index (χ0v) is 17.4. The fourth-order valence-electron chi connectivity index (χ4n) is 5.46. The van der Waals surface area contributed by atoms with Gasteiger partial charge in [0.05, 0.1) is 5.69 Å². The number of rotatable bonds is 3. The smallest absolute Gasteiger partial charge is 0.256 e. The summed E-state index contributed by atoms with van der Waals surface area (Å²) in [4.78, 5) is 16.3. The van der Waals surface area contributed by atoms with Crippen LogP contribution >= 0.6 is 12.2 Å². The van der Waals surface area contributed by atoms with E-state index >= 15 is 0 Å². The third-order valence-electron chi connectivity index (χ3n) is 6.81. The number of H-pyrrole nitrogens is 1. The molecule has 0 saturated heterocycles. The molecule has 2 aliphatic carbocycles. The monoisotopic (exact) mass is 402 g/mol. The number of benzene rings is 2. The van der Waals surface area contributed by atoms with Crippen molar-refractivity contribution >= 4 is 12.2 Å². The lowest BCUT2D eigenvalue weighted by atomic mass is 9.62. The van der Waals surface area contributed by atoms with E-state index in [9.17, 15) is 4.79 Å². The summed E-state index contributed by atoms with van der Waals surface area (Å²) in [7, 11) is 0. The lowest BCUT2D eigenvalue weighted by Crippen LogP contribution is -2.42. The highest BCUT2D eigenvalue weighted by molar-refractivity contribution is 7.71. The van der Waals surface area contributed by atoms with Crippen LogP contribution in [0.1, 0.15) is 48.8 Å². The number of aromatic nitrogens is 2. The Morgan fingerprint density at radius 2 is 1.69 bits per heavy atom. The summed E-state index contributed by atoms with van der Waals surface area (Å²) >= 11 is 5.67. The molecular weight excluding hydrogens is 376 g/mol. The average molecular weight is 403 g/mol. The lowest BCUT2D eigenvalue weighted by Gasteiger charge is -2.42. The molecule has 0 bridgehead atoms. The molecule has 1 fully saturated rings. The Labute approximate surface area is 176 Å². The summed E-state index contributed by atoms with van der Waals surface area (Å²) in [6.45, 7) is 0.770. The van der Waals surface area contributed by atoms with Gasteiger partial charge < -0.3 is 4.57 Å². The SMILES string of the molecule is O=c1[nH]c(=S)n(CCc2ccccc2)c2c1C1(CCCCC1)Cc1ccccc1-2. The topological polar surface area (TPSA) is 37.8 Å². The largest absolute Gasteiger partial charge is 0.317 e. The van der Waals surface area contributed by atoms with Gasteiger partial charge in [0.1, 0.15) is 0 Å². The first-order chi connectivity index (χ1) is 14.2. The highest BCUT2D eigenvalue weighted by atomic mass is 32.1. The first-order valence-electron chi connectivity index (χ1n) is 10.7. The van der Waals surface area contributed by atoms with E-state index in [-0.39, 0.29) is 11.0 Å². The summed E-state index contributed by atoms with van der Waals surface area (Å²) in [6, 6.07) is 19.1. The fourth-order valence-corrected chi connectivity index (χ4v) is 5.73.